The summed E-state index contributed by atoms with van der Waals surface area (Å²) < 4.78 is 1.93. The minimum absolute atomic E-state index is 0.0844. The molecule has 0 fully saturated rings. The minimum atomic E-state index is -0.0844. The molecule has 29 heavy (non-hydrogen) atoms. The van der Waals surface area contributed by atoms with Crippen LogP contribution in [0.2, 0.25) is 5.02 Å². The van der Waals surface area contributed by atoms with Crippen molar-refractivity contribution in [2.75, 3.05) is 5.32 Å². The molecule has 2 aromatic carbocycles. The summed E-state index contributed by atoms with van der Waals surface area (Å²) in [6.07, 6.45) is 0.871. The summed E-state index contributed by atoms with van der Waals surface area (Å²) in [6.45, 7) is 6.65. The number of carbonyl (C=O) groups excluding carboxylic acids is 1. The molecule has 0 saturated carbocycles. The maximum absolute atomic E-state index is 13.0. The number of nitrogens with zero attached hydrogens (tertiary/aromatic N) is 2. The summed E-state index contributed by atoms with van der Waals surface area (Å²) >= 11 is 7.78. The molecule has 0 spiro atoms. The number of fused-ring (bicyclic) bond motifs is 1. The van der Waals surface area contributed by atoms with Crippen LogP contribution in [0, 0.1) is 13.8 Å². The fourth-order valence-corrected chi connectivity index (χ4v) is 4.75. The molecule has 0 atom stereocenters. The zero-order valence-electron chi connectivity index (χ0n) is 16.6. The lowest BCUT2D eigenvalue weighted by Gasteiger charge is -2.12. The number of aromatic nitrogens is 2. The topological polar surface area (TPSA) is 46.9 Å². The molecule has 0 radical (unpaired) electrons. The highest BCUT2D eigenvalue weighted by atomic mass is 35.5. The van der Waals surface area contributed by atoms with Gasteiger partial charge in [0.1, 0.15) is 4.83 Å². The average molecular weight is 424 g/mol. The van der Waals surface area contributed by atoms with Gasteiger partial charge in [0.05, 0.1) is 17.1 Å². The van der Waals surface area contributed by atoms with Gasteiger partial charge in [-0.25, -0.2) is 0 Å². The maximum Gasteiger partial charge on any atom is 0.265 e. The molecule has 4 aromatic rings. The first-order valence-electron chi connectivity index (χ1n) is 9.58. The molecule has 2 aromatic heterocycles. The van der Waals surface area contributed by atoms with Crippen LogP contribution < -0.4 is 5.32 Å². The molecular weight excluding hydrogens is 402 g/mol. The van der Waals surface area contributed by atoms with E-state index in [1.165, 1.54) is 11.3 Å². The number of amides is 1. The predicted molar refractivity (Wildman–Crippen MR) is 121 cm³/mol. The number of benzene rings is 2. The van der Waals surface area contributed by atoms with E-state index in [2.05, 4.69) is 23.4 Å². The van der Waals surface area contributed by atoms with Crippen molar-refractivity contribution in [3.8, 4) is 0 Å². The van der Waals surface area contributed by atoms with Crippen LogP contribution >= 0.6 is 22.9 Å². The lowest BCUT2D eigenvalue weighted by molar-refractivity contribution is 0.103. The Morgan fingerprint density at radius 2 is 1.90 bits per heavy atom. The van der Waals surface area contributed by atoms with Crippen LogP contribution in [-0.4, -0.2) is 15.7 Å². The van der Waals surface area contributed by atoms with Gasteiger partial charge in [0, 0.05) is 16.1 Å². The summed E-state index contributed by atoms with van der Waals surface area (Å²) in [5.74, 6) is -0.0844. The summed E-state index contributed by atoms with van der Waals surface area (Å²) in [6, 6.07) is 15.8. The molecule has 6 heteroatoms. The number of hydrogen-bond donors (Lipinski definition) is 1. The van der Waals surface area contributed by atoms with E-state index in [1.807, 2.05) is 61.0 Å². The molecular formula is C23H22ClN3OS. The van der Waals surface area contributed by atoms with E-state index in [0.717, 1.165) is 49.7 Å². The third-order valence-electron chi connectivity index (χ3n) is 5.09. The highest BCUT2D eigenvalue weighted by Crippen LogP contribution is 2.31. The van der Waals surface area contributed by atoms with Crippen LogP contribution in [0.25, 0.3) is 10.2 Å². The van der Waals surface area contributed by atoms with Crippen molar-refractivity contribution in [3.05, 3.63) is 80.8 Å². The highest BCUT2D eigenvalue weighted by Gasteiger charge is 2.18. The molecule has 0 aliphatic heterocycles. The quantitative estimate of drug-likeness (QED) is 0.413. The lowest BCUT2D eigenvalue weighted by atomic mass is 10.1. The zero-order chi connectivity index (χ0) is 20.5. The van der Waals surface area contributed by atoms with Gasteiger partial charge in [-0.05, 0) is 49.1 Å². The molecule has 0 saturated heterocycles. The molecule has 0 aliphatic carbocycles. The van der Waals surface area contributed by atoms with Crippen molar-refractivity contribution in [1.29, 1.82) is 0 Å². The van der Waals surface area contributed by atoms with Gasteiger partial charge in [0.25, 0.3) is 5.91 Å². The number of hydrogen-bond acceptors (Lipinski definition) is 3. The second-order valence-electron chi connectivity index (χ2n) is 7.08. The van der Waals surface area contributed by atoms with Crippen LogP contribution in [0.1, 0.15) is 39.0 Å². The molecule has 2 heterocycles. The Kier molecular flexibility index (Phi) is 5.43. The van der Waals surface area contributed by atoms with Gasteiger partial charge in [-0.3, -0.25) is 9.48 Å². The Morgan fingerprint density at radius 1 is 1.14 bits per heavy atom. The molecule has 0 unspecified atom stereocenters. The number of anilines is 1. The standard InChI is InChI=1S/C23H22ClN3OS/c1-4-16-10-7-8-14(2)21(16)25-22(28)20-12-18-15(3)26-27(23(18)29-20)13-17-9-5-6-11-19(17)24/h5-12H,4,13H2,1-3H3,(H,25,28). The largest absolute Gasteiger partial charge is 0.321 e. The Morgan fingerprint density at radius 3 is 2.66 bits per heavy atom. The fraction of sp³-hybridized carbons (Fsp3) is 0.217. The van der Waals surface area contributed by atoms with Gasteiger partial charge < -0.3 is 5.32 Å². The smallest absolute Gasteiger partial charge is 0.265 e. The molecule has 0 bridgehead atoms. The number of rotatable bonds is 5. The van der Waals surface area contributed by atoms with Crippen molar-refractivity contribution >= 4 is 44.7 Å². The second kappa shape index (κ2) is 8.01. The van der Waals surface area contributed by atoms with E-state index in [0.29, 0.717) is 11.4 Å². The zero-order valence-corrected chi connectivity index (χ0v) is 18.2. The monoisotopic (exact) mass is 423 g/mol. The average Bonchev–Trinajstić information content (AvgIpc) is 3.27. The van der Waals surface area contributed by atoms with Gasteiger partial charge in [-0.1, -0.05) is 54.9 Å². The Bertz CT molecular complexity index is 1210. The summed E-state index contributed by atoms with van der Waals surface area (Å²) in [7, 11) is 0. The van der Waals surface area contributed by atoms with Crippen LogP contribution in [0.4, 0.5) is 5.69 Å². The van der Waals surface area contributed by atoms with Crippen molar-refractivity contribution in [2.45, 2.75) is 33.7 Å². The van der Waals surface area contributed by atoms with Crippen molar-refractivity contribution < 1.29 is 4.79 Å². The molecule has 0 aliphatic rings. The number of halogens is 1. The Balaban J connectivity index is 1.66. The van der Waals surface area contributed by atoms with E-state index in [1.54, 1.807) is 0 Å². The van der Waals surface area contributed by atoms with E-state index in [4.69, 9.17) is 11.6 Å². The number of thiophene rings is 1. The normalized spacial score (nSPS) is 11.2. The van der Waals surface area contributed by atoms with E-state index in [9.17, 15) is 4.79 Å². The number of aryl methyl sites for hydroxylation is 3. The first-order chi connectivity index (χ1) is 14.0. The van der Waals surface area contributed by atoms with Gasteiger partial charge in [0.2, 0.25) is 0 Å². The molecule has 4 nitrogen and oxygen atoms in total. The third kappa shape index (κ3) is 3.80. The van der Waals surface area contributed by atoms with Gasteiger partial charge in [-0.15, -0.1) is 11.3 Å². The molecule has 1 N–H and O–H groups in total. The third-order valence-corrected chi connectivity index (χ3v) is 6.60. The fourth-order valence-electron chi connectivity index (χ4n) is 3.50. The number of carbonyl (C=O) groups is 1. The minimum Gasteiger partial charge on any atom is -0.321 e. The Hall–Kier alpha value is -2.63. The summed E-state index contributed by atoms with van der Waals surface area (Å²) in [5.41, 5.74) is 5.03. The van der Waals surface area contributed by atoms with Crippen LogP contribution in [0.5, 0.6) is 0 Å². The predicted octanol–water partition coefficient (Wildman–Crippen LogP) is 6.23. The molecule has 4 rings (SSSR count). The number of nitrogens with one attached hydrogen (secondary N) is 1. The summed E-state index contributed by atoms with van der Waals surface area (Å²) in [4.78, 5) is 14.6. The van der Waals surface area contributed by atoms with Crippen molar-refractivity contribution in [1.82, 2.24) is 9.78 Å². The van der Waals surface area contributed by atoms with Gasteiger partial charge in [0.15, 0.2) is 0 Å². The Labute approximate surface area is 179 Å². The van der Waals surface area contributed by atoms with E-state index >= 15 is 0 Å². The SMILES string of the molecule is CCc1cccc(C)c1NC(=O)c1cc2c(C)nn(Cc3ccccc3Cl)c2s1. The van der Waals surface area contributed by atoms with Gasteiger partial charge >= 0.3 is 0 Å². The molecule has 1 amide bonds. The van der Waals surface area contributed by atoms with Crippen molar-refractivity contribution in [2.24, 2.45) is 0 Å². The summed E-state index contributed by atoms with van der Waals surface area (Å²) in [5, 5.41) is 9.49. The molecule has 148 valence electrons. The first kappa shape index (κ1) is 19.7. The second-order valence-corrected chi connectivity index (χ2v) is 8.52. The van der Waals surface area contributed by atoms with E-state index in [-0.39, 0.29) is 5.91 Å². The van der Waals surface area contributed by atoms with Crippen molar-refractivity contribution in [3.63, 3.8) is 0 Å². The van der Waals surface area contributed by atoms with Crippen LogP contribution in [0.3, 0.4) is 0 Å². The van der Waals surface area contributed by atoms with Crippen LogP contribution in [-0.2, 0) is 13.0 Å². The first-order valence-corrected chi connectivity index (χ1v) is 10.8. The maximum atomic E-state index is 13.0. The van der Waals surface area contributed by atoms with Crippen LogP contribution in [0.15, 0.2) is 48.5 Å². The van der Waals surface area contributed by atoms with E-state index < -0.39 is 0 Å². The number of para-hydroxylation sites is 1. The highest BCUT2D eigenvalue weighted by molar-refractivity contribution is 7.20. The van der Waals surface area contributed by atoms with Gasteiger partial charge in [-0.2, -0.15) is 5.10 Å². The lowest BCUT2D eigenvalue weighted by Crippen LogP contribution is -2.13.